The summed E-state index contributed by atoms with van der Waals surface area (Å²) in [6.07, 6.45) is -4.46. The van der Waals surface area contributed by atoms with Crippen LogP contribution < -0.4 is 0 Å². The molecule has 1 aromatic rings. The molecular formula is C11H11F3O2. The first kappa shape index (κ1) is 11.3. The van der Waals surface area contributed by atoms with Crippen LogP contribution in [0.5, 0.6) is 5.75 Å². The van der Waals surface area contributed by atoms with Crippen LogP contribution in [0.1, 0.15) is 24.0 Å². The third-order valence-corrected chi connectivity index (χ3v) is 3.00. The maximum atomic E-state index is 12.8. The Labute approximate surface area is 90.3 Å². The number of hydrogen-bond donors (Lipinski definition) is 2. The minimum Gasteiger partial charge on any atom is -0.508 e. The highest BCUT2D eigenvalue weighted by atomic mass is 19.4. The molecule has 2 rings (SSSR count). The molecule has 0 saturated heterocycles. The second-order valence-corrected chi connectivity index (χ2v) is 4.02. The summed E-state index contributed by atoms with van der Waals surface area (Å²) in [5, 5.41) is 19.3. The van der Waals surface area contributed by atoms with Crippen molar-refractivity contribution in [2.45, 2.75) is 31.0 Å². The number of benzene rings is 1. The largest absolute Gasteiger partial charge is 0.508 e. The van der Waals surface area contributed by atoms with E-state index >= 15 is 0 Å². The number of hydrogen-bond acceptors (Lipinski definition) is 2. The summed E-state index contributed by atoms with van der Waals surface area (Å²) < 4.78 is 38.5. The third-order valence-electron chi connectivity index (χ3n) is 3.00. The topological polar surface area (TPSA) is 40.5 Å². The minimum absolute atomic E-state index is 0.256. The fraction of sp³-hybridized carbons (Fsp3) is 0.455. The molecule has 5 heteroatoms. The van der Waals surface area contributed by atoms with E-state index in [2.05, 4.69) is 0 Å². The number of rotatable bonds is 0. The van der Waals surface area contributed by atoms with Gasteiger partial charge in [0.1, 0.15) is 5.75 Å². The van der Waals surface area contributed by atoms with E-state index in [4.69, 9.17) is 0 Å². The van der Waals surface area contributed by atoms with E-state index < -0.39 is 23.9 Å². The van der Waals surface area contributed by atoms with Crippen molar-refractivity contribution in [2.75, 3.05) is 0 Å². The van der Waals surface area contributed by atoms with Crippen molar-refractivity contribution in [2.24, 2.45) is 0 Å². The van der Waals surface area contributed by atoms with Crippen LogP contribution >= 0.6 is 0 Å². The number of aliphatic hydroxyl groups is 1. The van der Waals surface area contributed by atoms with E-state index in [0.717, 1.165) is 0 Å². The molecular weight excluding hydrogens is 221 g/mol. The molecule has 1 aliphatic carbocycles. The molecule has 2 nitrogen and oxygen atoms in total. The lowest BCUT2D eigenvalue weighted by Gasteiger charge is -2.36. The van der Waals surface area contributed by atoms with Crippen molar-refractivity contribution < 1.29 is 23.4 Å². The van der Waals surface area contributed by atoms with Gasteiger partial charge in [0.05, 0.1) is 0 Å². The van der Waals surface area contributed by atoms with Gasteiger partial charge in [-0.3, -0.25) is 0 Å². The summed E-state index contributed by atoms with van der Waals surface area (Å²) in [5.74, 6) is -0.489. The van der Waals surface area contributed by atoms with Crippen molar-refractivity contribution in [3.63, 3.8) is 0 Å². The summed E-state index contributed by atoms with van der Waals surface area (Å²) in [5.41, 5.74) is -2.92. The number of aromatic hydroxyl groups is 1. The fourth-order valence-electron chi connectivity index (χ4n) is 2.22. The smallest absolute Gasteiger partial charge is 0.421 e. The van der Waals surface area contributed by atoms with Gasteiger partial charge in [-0.2, -0.15) is 13.2 Å². The zero-order valence-electron chi connectivity index (χ0n) is 8.38. The van der Waals surface area contributed by atoms with Gasteiger partial charge in [-0.05, 0) is 30.9 Å². The van der Waals surface area contributed by atoms with Gasteiger partial charge in [0.15, 0.2) is 5.60 Å². The Balaban J connectivity index is 2.64. The number of halogens is 3. The van der Waals surface area contributed by atoms with Crippen LogP contribution in [0.25, 0.3) is 0 Å². The monoisotopic (exact) mass is 232 g/mol. The van der Waals surface area contributed by atoms with Crippen LogP contribution in [0, 0.1) is 0 Å². The molecule has 2 N–H and O–H groups in total. The Morgan fingerprint density at radius 2 is 1.94 bits per heavy atom. The molecule has 0 amide bonds. The first-order valence-electron chi connectivity index (χ1n) is 4.97. The second-order valence-electron chi connectivity index (χ2n) is 4.02. The lowest BCUT2D eigenvalue weighted by molar-refractivity contribution is -0.271. The molecule has 1 unspecified atom stereocenters. The molecule has 1 aliphatic rings. The Morgan fingerprint density at radius 1 is 1.25 bits per heavy atom. The Bertz CT molecular complexity index is 414. The number of phenols is 1. The van der Waals surface area contributed by atoms with Crippen LogP contribution in [-0.2, 0) is 12.0 Å². The third kappa shape index (κ3) is 1.46. The number of phenolic OH excluding ortho intramolecular Hbond substituents is 1. The summed E-state index contributed by atoms with van der Waals surface area (Å²) in [6.45, 7) is 0. The summed E-state index contributed by atoms with van der Waals surface area (Å²) in [4.78, 5) is 0. The Kier molecular flexibility index (Phi) is 2.38. The lowest BCUT2D eigenvalue weighted by atomic mass is 9.78. The standard InChI is InChI=1S/C11H11F3O2/c12-11(13,14)10(16)6-2-4-7-3-1-5-8(15)9(7)10/h1,3,5,15-16H,2,4,6H2. The molecule has 1 atom stereocenters. The lowest BCUT2D eigenvalue weighted by Crippen LogP contribution is -2.44. The predicted octanol–water partition coefficient (Wildman–Crippen LogP) is 2.48. The molecule has 1 aromatic carbocycles. The average Bonchev–Trinajstić information content (AvgIpc) is 2.16. The van der Waals surface area contributed by atoms with Crippen molar-refractivity contribution in [1.29, 1.82) is 0 Å². The van der Waals surface area contributed by atoms with Gasteiger partial charge in [-0.15, -0.1) is 0 Å². The van der Waals surface area contributed by atoms with Gasteiger partial charge >= 0.3 is 6.18 Å². The van der Waals surface area contributed by atoms with Crippen LogP contribution in [0.3, 0.4) is 0 Å². The number of fused-ring (bicyclic) bond motifs is 1. The van der Waals surface area contributed by atoms with Gasteiger partial charge in [0, 0.05) is 5.56 Å². The molecule has 0 spiro atoms. The van der Waals surface area contributed by atoms with Gasteiger partial charge in [0.2, 0.25) is 0 Å². The molecule has 0 radical (unpaired) electrons. The summed E-state index contributed by atoms with van der Waals surface area (Å²) in [6, 6.07) is 4.15. The minimum atomic E-state index is -4.76. The SMILES string of the molecule is Oc1cccc2c1C(O)(C(F)(F)F)CCC2. The van der Waals surface area contributed by atoms with Gasteiger partial charge < -0.3 is 10.2 Å². The summed E-state index contributed by atoms with van der Waals surface area (Å²) >= 11 is 0. The van der Waals surface area contributed by atoms with Crippen molar-refractivity contribution in [3.05, 3.63) is 29.3 Å². The molecule has 0 aliphatic heterocycles. The van der Waals surface area contributed by atoms with E-state index in [9.17, 15) is 23.4 Å². The summed E-state index contributed by atoms with van der Waals surface area (Å²) in [7, 11) is 0. The second kappa shape index (κ2) is 3.38. The van der Waals surface area contributed by atoms with Gasteiger partial charge in [-0.25, -0.2) is 0 Å². The normalized spacial score (nSPS) is 25.2. The van der Waals surface area contributed by atoms with Crippen LogP contribution in [-0.4, -0.2) is 16.4 Å². The van der Waals surface area contributed by atoms with E-state index in [-0.39, 0.29) is 12.0 Å². The van der Waals surface area contributed by atoms with E-state index in [1.54, 1.807) is 0 Å². The molecule has 16 heavy (non-hydrogen) atoms. The fourth-order valence-corrected chi connectivity index (χ4v) is 2.22. The Morgan fingerprint density at radius 3 is 2.56 bits per heavy atom. The van der Waals surface area contributed by atoms with Crippen molar-refractivity contribution >= 4 is 0 Å². The first-order chi connectivity index (χ1) is 7.36. The highest BCUT2D eigenvalue weighted by Gasteiger charge is 2.57. The molecule has 88 valence electrons. The van der Waals surface area contributed by atoms with Crippen LogP contribution in [0.4, 0.5) is 13.2 Å². The quantitative estimate of drug-likeness (QED) is 0.721. The number of aryl methyl sites for hydroxylation is 1. The van der Waals surface area contributed by atoms with Crippen molar-refractivity contribution in [1.82, 2.24) is 0 Å². The van der Waals surface area contributed by atoms with E-state index in [1.807, 2.05) is 0 Å². The zero-order valence-corrected chi connectivity index (χ0v) is 8.38. The zero-order chi connectivity index (χ0) is 12.0. The molecule has 0 aromatic heterocycles. The van der Waals surface area contributed by atoms with Gasteiger partial charge in [0.25, 0.3) is 0 Å². The van der Waals surface area contributed by atoms with Crippen LogP contribution in [0.2, 0.25) is 0 Å². The van der Waals surface area contributed by atoms with E-state index in [0.29, 0.717) is 12.0 Å². The highest BCUT2D eigenvalue weighted by Crippen LogP contribution is 2.49. The molecule has 0 bridgehead atoms. The molecule has 0 fully saturated rings. The molecule has 0 saturated carbocycles. The predicted molar refractivity (Wildman–Crippen MR) is 51.0 cm³/mol. The van der Waals surface area contributed by atoms with Crippen molar-refractivity contribution in [3.8, 4) is 5.75 Å². The Hall–Kier alpha value is -1.23. The van der Waals surface area contributed by atoms with E-state index in [1.165, 1.54) is 18.2 Å². The average molecular weight is 232 g/mol. The molecule has 0 heterocycles. The highest BCUT2D eigenvalue weighted by molar-refractivity contribution is 5.45. The maximum absolute atomic E-state index is 12.8. The van der Waals surface area contributed by atoms with Crippen LogP contribution in [0.15, 0.2) is 18.2 Å². The first-order valence-corrected chi connectivity index (χ1v) is 4.97. The van der Waals surface area contributed by atoms with Gasteiger partial charge in [-0.1, -0.05) is 12.1 Å². The maximum Gasteiger partial charge on any atom is 0.421 e. The number of alkyl halides is 3.